The number of hydrogen-bond donors (Lipinski definition) is 2. The number of ether oxygens (including phenoxy) is 2. The highest BCUT2D eigenvalue weighted by Gasteiger charge is 2.05. The van der Waals surface area contributed by atoms with Gasteiger partial charge in [-0.25, -0.2) is 0 Å². The summed E-state index contributed by atoms with van der Waals surface area (Å²) in [5.41, 5.74) is 12.4. The lowest BCUT2D eigenvalue weighted by Crippen LogP contribution is -2.19. The Bertz CT molecular complexity index is 513. The second-order valence-electron chi connectivity index (χ2n) is 4.25. The normalized spacial score (nSPS) is 10.0. The van der Waals surface area contributed by atoms with Crippen molar-refractivity contribution < 1.29 is 14.3 Å². The topological polar surface area (TPSA) is 87.6 Å². The first-order chi connectivity index (χ1) is 9.63. The highest BCUT2D eigenvalue weighted by atomic mass is 16.5. The predicted molar refractivity (Wildman–Crippen MR) is 77.7 cm³/mol. The van der Waals surface area contributed by atoms with Gasteiger partial charge in [0.15, 0.2) is 0 Å². The van der Waals surface area contributed by atoms with Crippen molar-refractivity contribution in [1.82, 2.24) is 0 Å². The van der Waals surface area contributed by atoms with Crippen molar-refractivity contribution in [3.8, 4) is 11.5 Å². The van der Waals surface area contributed by atoms with Gasteiger partial charge in [-0.2, -0.15) is 0 Å². The minimum atomic E-state index is -0.154. The molecule has 0 fully saturated rings. The molecule has 0 atom stereocenters. The van der Waals surface area contributed by atoms with Crippen LogP contribution in [0.3, 0.4) is 0 Å². The Kier molecular flexibility index (Phi) is 4.44. The van der Waals surface area contributed by atoms with Gasteiger partial charge in [0, 0.05) is 11.4 Å². The number of carbonyl (C=O) groups is 1. The summed E-state index contributed by atoms with van der Waals surface area (Å²) in [7, 11) is 0. The number of rotatable bonds is 6. The van der Waals surface area contributed by atoms with Crippen molar-refractivity contribution in [2.45, 2.75) is 0 Å². The number of anilines is 2. The summed E-state index contributed by atoms with van der Waals surface area (Å²) in [6.07, 6.45) is 0. The molecule has 0 aliphatic rings. The van der Waals surface area contributed by atoms with Gasteiger partial charge in [0.25, 0.3) is 0 Å². The Morgan fingerprint density at radius 3 is 1.45 bits per heavy atom. The zero-order chi connectivity index (χ0) is 14.4. The van der Waals surface area contributed by atoms with Gasteiger partial charge in [0.2, 0.25) is 5.78 Å². The van der Waals surface area contributed by atoms with Gasteiger partial charge < -0.3 is 20.9 Å². The van der Waals surface area contributed by atoms with Crippen LogP contribution in [0.5, 0.6) is 11.5 Å². The van der Waals surface area contributed by atoms with Crippen LogP contribution in [0, 0.1) is 0 Å². The first kappa shape index (κ1) is 13.7. The molecule has 2 aromatic rings. The lowest BCUT2D eigenvalue weighted by Gasteiger charge is -2.07. The molecule has 2 rings (SSSR count). The zero-order valence-corrected chi connectivity index (χ0v) is 10.9. The smallest absolute Gasteiger partial charge is 0.207 e. The molecule has 0 aliphatic carbocycles. The fraction of sp³-hybridized carbons (Fsp3) is 0.133. The fourth-order valence-electron chi connectivity index (χ4n) is 1.50. The molecule has 0 aliphatic heterocycles. The summed E-state index contributed by atoms with van der Waals surface area (Å²) in [4.78, 5) is 11.6. The molecule has 5 heteroatoms. The maximum atomic E-state index is 11.6. The third-order valence-electron chi connectivity index (χ3n) is 2.56. The van der Waals surface area contributed by atoms with Crippen LogP contribution in [0.4, 0.5) is 11.4 Å². The predicted octanol–water partition coefficient (Wildman–Crippen LogP) is 1.88. The van der Waals surface area contributed by atoms with Crippen molar-refractivity contribution in [2.24, 2.45) is 0 Å². The number of benzene rings is 2. The zero-order valence-electron chi connectivity index (χ0n) is 10.9. The van der Waals surface area contributed by atoms with Gasteiger partial charge in [-0.1, -0.05) is 0 Å². The molecule has 0 bridgehead atoms. The third-order valence-corrected chi connectivity index (χ3v) is 2.56. The molecule has 20 heavy (non-hydrogen) atoms. The largest absolute Gasteiger partial charge is 0.486 e. The molecule has 0 saturated heterocycles. The van der Waals surface area contributed by atoms with E-state index in [4.69, 9.17) is 20.9 Å². The Morgan fingerprint density at radius 2 is 1.10 bits per heavy atom. The maximum absolute atomic E-state index is 11.6. The summed E-state index contributed by atoms with van der Waals surface area (Å²) >= 11 is 0. The Morgan fingerprint density at radius 1 is 0.750 bits per heavy atom. The lowest BCUT2D eigenvalue weighted by atomic mass is 10.3. The highest BCUT2D eigenvalue weighted by molar-refractivity contribution is 5.81. The van der Waals surface area contributed by atoms with Gasteiger partial charge in [0.1, 0.15) is 24.7 Å². The summed E-state index contributed by atoms with van der Waals surface area (Å²) in [6, 6.07) is 13.7. The molecule has 0 unspecified atom stereocenters. The van der Waals surface area contributed by atoms with E-state index in [0.29, 0.717) is 22.9 Å². The lowest BCUT2D eigenvalue weighted by molar-refractivity contribution is -0.123. The third kappa shape index (κ3) is 4.20. The number of nitrogens with two attached hydrogens (primary N) is 2. The van der Waals surface area contributed by atoms with Crippen molar-refractivity contribution in [2.75, 3.05) is 24.7 Å². The molecular formula is C15H16N2O3. The number of hydrogen-bond acceptors (Lipinski definition) is 5. The first-order valence-electron chi connectivity index (χ1n) is 6.12. The van der Waals surface area contributed by atoms with E-state index in [1.165, 1.54) is 0 Å². The van der Waals surface area contributed by atoms with Crippen LogP contribution < -0.4 is 20.9 Å². The summed E-state index contributed by atoms with van der Waals surface area (Å²) in [5.74, 6) is 1.04. The maximum Gasteiger partial charge on any atom is 0.207 e. The van der Waals surface area contributed by atoms with E-state index >= 15 is 0 Å². The van der Waals surface area contributed by atoms with Crippen LogP contribution in [0.25, 0.3) is 0 Å². The second-order valence-corrected chi connectivity index (χ2v) is 4.25. The average Bonchev–Trinajstić information content (AvgIpc) is 2.46. The number of carbonyl (C=O) groups excluding carboxylic acids is 1. The van der Waals surface area contributed by atoms with E-state index in [9.17, 15) is 4.79 Å². The standard InChI is InChI=1S/C15H16N2O3/c16-11-1-5-14(6-2-11)19-9-13(18)10-20-15-7-3-12(17)4-8-15/h1-8H,9-10,16-17H2. The first-order valence-corrected chi connectivity index (χ1v) is 6.12. The summed E-state index contributed by atoms with van der Waals surface area (Å²) in [6.45, 7) is -0.0855. The quantitative estimate of drug-likeness (QED) is 0.784. The van der Waals surface area contributed by atoms with Gasteiger partial charge in [-0.05, 0) is 48.5 Å². The van der Waals surface area contributed by atoms with E-state index < -0.39 is 0 Å². The Labute approximate surface area is 117 Å². The molecule has 0 aromatic heterocycles. The van der Waals surface area contributed by atoms with Gasteiger partial charge in [-0.3, -0.25) is 4.79 Å². The van der Waals surface area contributed by atoms with Gasteiger partial charge >= 0.3 is 0 Å². The Hall–Kier alpha value is -2.69. The molecule has 4 N–H and O–H groups in total. The highest BCUT2D eigenvalue weighted by Crippen LogP contribution is 2.14. The van der Waals surface area contributed by atoms with Crippen molar-refractivity contribution in [3.05, 3.63) is 48.5 Å². The van der Waals surface area contributed by atoms with E-state index in [-0.39, 0.29) is 19.0 Å². The van der Waals surface area contributed by atoms with Gasteiger partial charge in [0.05, 0.1) is 0 Å². The molecule has 2 aromatic carbocycles. The minimum Gasteiger partial charge on any atom is -0.486 e. The molecule has 0 radical (unpaired) electrons. The molecule has 104 valence electrons. The molecule has 0 heterocycles. The van der Waals surface area contributed by atoms with Crippen molar-refractivity contribution >= 4 is 17.2 Å². The molecular weight excluding hydrogens is 256 g/mol. The van der Waals surface area contributed by atoms with Crippen LogP contribution >= 0.6 is 0 Å². The number of ketones is 1. The molecule has 0 amide bonds. The number of nitrogen functional groups attached to an aromatic ring is 2. The van der Waals surface area contributed by atoms with E-state index in [2.05, 4.69) is 0 Å². The molecule has 0 saturated carbocycles. The van der Waals surface area contributed by atoms with Gasteiger partial charge in [-0.15, -0.1) is 0 Å². The summed E-state index contributed by atoms with van der Waals surface area (Å²) < 4.78 is 10.7. The van der Waals surface area contributed by atoms with E-state index in [1.807, 2.05) is 0 Å². The number of Topliss-reactive ketones (excluding diaryl/α,β-unsaturated/α-hetero) is 1. The van der Waals surface area contributed by atoms with E-state index in [0.717, 1.165) is 0 Å². The van der Waals surface area contributed by atoms with Crippen LogP contribution in [-0.2, 0) is 4.79 Å². The molecule has 5 nitrogen and oxygen atoms in total. The monoisotopic (exact) mass is 272 g/mol. The summed E-state index contributed by atoms with van der Waals surface area (Å²) in [5, 5.41) is 0. The Balaban J connectivity index is 1.75. The molecule has 0 spiro atoms. The minimum absolute atomic E-state index is 0.0428. The van der Waals surface area contributed by atoms with Crippen LogP contribution in [0.2, 0.25) is 0 Å². The second kappa shape index (κ2) is 6.47. The fourth-order valence-corrected chi connectivity index (χ4v) is 1.50. The van der Waals surface area contributed by atoms with Crippen LogP contribution in [-0.4, -0.2) is 19.0 Å². The van der Waals surface area contributed by atoms with Crippen LogP contribution in [0.15, 0.2) is 48.5 Å². The van der Waals surface area contributed by atoms with Crippen LogP contribution in [0.1, 0.15) is 0 Å². The average molecular weight is 272 g/mol. The van der Waals surface area contributed by atoms with E-state index in [1.54, 1.807) is 48.5 Å². The SMILES string of the molecule is Nc1ccc(OCC(=O)COc2ccc(N)cc2)cc1. The van der Waals surface area contributed by atoms with Crippen molar-refractivity contribution in [3.63, 3.8) is 0 Å². The van der Waals surface area contributed by atoms with Crippen molar-refractivity contribution in [1.29, 1.82) is 0 Å².